The summed E-state index contributed by atoms with van der Waals surface area (Å²) in [6.07, 6.45) is 0. The number of methoxy groups -OCH3 is 1. The SMILES string of the molecule is COc1cccc(F)c1-c1cc(CS(=O)(=O)Cl)no1. The van der Waals surface area contributed by atoms with Gasteiger partial charge in [0, 0.05) is 16.7 Å². The molecular formula is C11H9ClFNO4S. The molecule has 0 spiro atoms. The van der Waals surface area contributed by atoms with Crippen molar-refractivity contribution in [3.05, 3.63) is 35.8 Å². The van der Waals surface area contributed by atoms with Crippen molar-refractivity contribution in [3.8, 4) is 17.1 Å². The number of nitrogens with zero attached hydrogens (tertiary/aromatic N) is 1. The van der Waals surface area contributed by atoms with Crippen LogP contribution in [-0.4, -0.2) is 20.7 Å². The summed E-state index contributed by atoms with van der Waals surface area (Å²) in [6.45, 7) is 0. The van der Waals surface area contributed by atoms with Gasteiger partial charge in [0.05, 0.1) is 12.7 Å². The molecule has 8 heteroatoms. The molecule has 102 valence electrons. The molecule has 19 heavy (non-hydrogen) atoms. The first-order chi connectivity index (χ1) is 8.90. The second-order valence-electron chi connectivity index (χ2n) is 3.68. The van der Waals surface area contributed by atoms with Gasteiger partial charge < -0.3 is 9.26 Å². The van der Waals surface area contributed by atoms with Crippen LogP contribution >= 0.6 is 10.7 Å². The average Bonchev–Trinajstić information content (AvgIpc) is 2.74. The van der Waals surface area contributed by atoms with E-state index in [1.165, 1.54) is 25.3 Å². The Balaban J connectivity index is 2.44. The Labute approximate surface area is 113 Å². The van der Waals surface area contributed by atoms with Crippen LogP contribution in [-0.2, 0) is 14.8 Å². The van der Waals surface area contributed by atoms with E-state index in [1.54, 1.807) is 6.07 Å². The Morgan fingerprint density at radius 3 is 2.84 bits per heavy atom. The van der Waals surface area contributed by atoms with Crippen molar-refractivity contribution in [2.24, 2.45) is 0 Å². The Morgan fingerprint density at radius 2 is 2.21 bits per heavy atom. The molecule has 0 amide bonds. The molecule has 0 saturated heterocycles. The molecular weight excluding hydrogens is 297 g/mol. The van der Waals surface area contributed by atoms with Crippen LogP contribution in [0.3, 0.4) is 0 Å². The van der Waals surface area contributed by atoms with Crippen molar-refractivity contribution in [1.29, 1.82) is 0 Å². The molecule has 1 aromatic heterocycles. The van der Waals surface area contributed by atoms with Gasteiger partial charge >= 0.3 is 0 Å². The van der Waals surface area contributed by atoms with Crippen molar-refractivity contribution in [2.75, 3.05) is 7.11 Å². The standard InChI is InChI=1S/C11H9ClFNO4S/c1-17-9-4-2-3-8(13)11(9)10-5-7(14-18-10)6-19(12,15)16/h2-5H,6H2,1H3. The summed E-state index contributed by atoms with van der Waals surface area (Å²) < 4.78 is 45.5. The monoisotopic (exact) mass is 305 g/mol. The maximum Gasteiger partial charge on any atom is 0.238 e. The maximum atomic E-state index is 13.8. The largest absolute Gasteiger partial charge is 0.496 e. The fourth-order valence-corrected chi connectivity index (χ4v) is 2.41. The topological polar surface area (TPSA) is 69.4 Å². The lowest BCUT2D eigenvalue weighted by Crippen LogP contribution is -1.94. The van der Waals surface area contributed by atoms with Crippen molar-refractivity contribution in [1.82, 2.24) is 5.16 Å². The highest BCUT2D eigenvalue weighted by Crippen LogP contribution is 2.33. The molecule has 0 fully saturated rings. The van der Waals surface area contributed by atoms with E-state index in [1.807, 2.05) is 0 Å². The Kier molecular flexibility index (Phi) is 3.77. The zero-order chi connectivity index (χ0) is 14.0. The number of halogens is 2. The average molecular weight is 306 g/mol. The summed E-state index contributed by atoms with van der Waals surface area (Å²) in [4.78, 5) is 0. The molecule has 0 aliphatic rings. The fraction of sp³-hybridized carbons (Fsp3) is 0.182. The molecule has 1 aromatic carbocycles. The lowest BCUT2D eigenvalue weighted by atomic mass is 10.1. The Bertz CT molecular complexity index is 698. The van der Waals surface area contributed by atoms with Gasteiger partial charge in [-0.15, -0.1) is 0 Å². The van der Waals surface area contributed by atoms with Crippen molar-refractivity contribution in [2.45, 2.75) is 5.75 Å². The van der Waals surface area contributed by atoms with Gasteiger partial charge in [-0.2, -0.15) is 0 Å². The summed E-state index contributed by atoms with van der Waals surface area (Å²) in [5.74, 6) is -0.716. The summed E-state index contributed by atoms with van der Waals surface area (Å²) in [5, 5.41) is 3.53. The van der Waals surface area contributed by atoms with Crippen LogP contribution in [0.5, 0.6) is 5.75 Å². The van der Waals surface area contributed by atoms with E-state index in [0.717, 1.165) is 0 Å². The van der Waals surface area contributed by atoms with Crippen molar-refractivity contribution in [3.63, 3.8) is 0 Å². The zero-order valence-corrected chi connectivity index (χ0v) is 11.3. The number of hydrogen-bond donors (Lipinski definition) is 0. The third-order valence-electron chi connectivity index (χ3n) is 2.32. The third kappa shape index (κ3) is 3.24. The molecule has 0 N–H and O–H groups in total. The molecule has 5 nitrogen and oxygen atoms in total. The number of rotatable bonds is 4. The zero-order valence-electron chi connectivity index (χ0n) is 9.76. The van der Waals surface area contributed by atoms with Gasteiger partial charge in [0.2, 0.25) is 9.05 Å². The molecule has 2 rings (SSSR count). The minimum Gasteiger partial charge on any atom is -0.496 e. The molecule has 0 atom stereocenters. The van der Waals surface area contributed by atoms with E-state index in [4.69, 9.17) is 19.9 Å². The molecule has 0 unspecified atom stereocenters. The van der Waals surface area contributed by atoms with E-state index < -0.39 is 20.6 Å². The van der Waals surface area contributed by atoms with Crippen LogP contribution in [0.25, 0.3) is 11.3 Å². The van der Waals surface area contributed by atoms with Crippen LogP contribution in [0, 0.1) is 5.82 Å². The molecule has 1 heterocycles. The van der Waals surface area contributed by atoms with Gasteiger partial charge in [0.15, 0.2) is 5.76 Å². The second kappa shape index (κ2) is 5.18. The first-order valence-electron chi connectivity index (χ1n) is 5.11. The molecule has 0 bridgehead atoms. The second-order valence-corrected chi connectivity index (χ2v) is 6.46. The molecule has 0 aliphatic heterocycles. The van der Waals surface area contributed by atoms with Crippen molar-refractivity contribution < 1.29 is 22.1 Å². The number of benzene rings is 1. The predicted molar refractivity (Wildman–Crippen MR) is 66.9 cm³/mol. The van der Waals surface area contributed by atoms with Crippen LogP contribution in [0.2, 0.25) is 0 Å². The third-order valence-corrected chi connectivity index (χ3v) is 3.29. The molecule has 2 aromatic rings. The summed E-state index contributed by atoms with van der Waals surface area (Å²) in [6, 6.07) is 5.58. The summed E-state index contributed by atoms with van der Waals surface area (Å²) >= 11 is 0. The first-order valence-corrected chi connectivity index (χ1v) is 7.59. The first kappa shape index (κ1) is 13.8. The van der Waals surface area contributed by atoms with Gasteiger partial charge in [0.1, 0.15) is 23.0 Å². The lowest BCUT2D eigenvalue weighted by molar-refractivity contribution is 0.400. The van der Waals surface area contributed by atoms with Gasteiger partial charge in [-0.1, -0.05) is 11.2 Å². The molecule has 0 aliphatic carbocycles. The van der Waals surface area contributed by atoms with Crippen LogP contribution in [0.4, 0.5) is 4.39 Å². The Hall–Kier alpha value is -1.60. The molecule has 0 radical (unpaired) electrons. The lowest BCUT2D eigenvalue weighted by Gasteiger charge is -2.05. The highest BCUT2D eigenvalue weighted by molar-refractivity contribution is 8.13. The van der Waals surface area contributed by atoms with E-state index in [2.05, 4.69) is 5.16 Å². The number of hydrogen-bond acceptors (Lipinski definition) is 5. The van der Waals surface area contributed by atoms with E-state index in [0.29, 0.717) is 0 Å². The number of ether oxygens (including phenoxy) is 1. The van der Waals surface area contributed by atoms with Gasteiger partial charge in [-0.05, 0) is 12.1 Å². The summed E-state index contributed by atoms with van der Waals surface area (Å²) in [7, 11) is 2.75. The van der Waals surface area contributed by atoms with Crippen LogP contribution < -0.4 is 4.74 Å². The van der Waals surface area contributed by atoms with Crippen molar-refractivity contribution >= 4 is 19.7 Å². The van der Waals surface area contributed by atoms with Crippen LogP contribution in [0.1, 0.15) is 5.69 Å². The normalized spacial score (nSPS) is 11.5. The van der Waals surface area contributed by atoms with Gasteiger partial charge in [-0.25, -0.2) is 12.8 Å². The minimum atomic E-state index is -3.75. The fourth-order valence-electron chi connectivity index (χ4n) is 1.59. The predicted octanol–water partition coefficient (Wildman–Crippen LogP) is 2.56. The Morgan fingerprint density at radius 1 is 1.47 bits per heavy atom. The molecule has 0 saturated carbocycles. The van der Waals surface area contributed by atoms with E-state index in [-0.39, 0.29) is 22.8 Å². The minimum absolute atomic E-state index is 0.0743. The number of aromatic nitrogens is 1. The summed E-state index contributed by atoms with van der Waals surface area (Å²) in [5.41, 5.74) is 0.172. The smallest absolute Gasteiger partial charge is 0.238 e. The highest BCUT2D eigenvalue weighted by atomic mass is 35.7. The van der Waals surface area contributed by atoms with E-state index >= 15 is 0 Å². The highest BCUT2D eigenvalue weighted by Gasteiger charge is 2.18. The van der Waals surface area contributed by atoms with Gasteiger partial charge in [-0.3, -0.25) is 0 Å². The maximum absolute atomic E-state index is 13.8. The van der Waals surface area contributed by atoms with Crippen LogP contribution in [0.15, 0.2) is 28.8 Å². The van der Waals surface area contributed by atoms with E-state index in [9.17, 15) is 12.8 Å². The quantitative estimate of drug-likeness (QED) is 0.812. The van der Waals surface area contributed by atoms with Gasteiger partial charge in [0.25, 0.3) is 0 Å².